The van der Waals surface area contributed by atoms with Crippen LogP contribution in [0.3, 0.4) is 0 Å². The standard InChI is InChI=1S/C13H24N2O5/c1-9(2)6-19-5-4-14-12(18)15-10-7-20-8-13(10,3)11(16)17/h9-10H,4-8H2,1-3H3,(H,16,17)(H2,14,15,18). The van der Waals surface area contributed by atoms with E-state index in [2.05, 4.69) is 10.6 Å². The molecule has 2 atom stereocenters. The Morgan fingerprint density at radius 1 is 1.50 bits per heavy atom. The third-order valence-electron chi connectivity index (χ3n) is 3.23. The first kappa shape index (κ1) is 16.7. The number of aliphatic carboxylic acids is 1. The number of urea groups is 1. The Bertz CT molecular complexity index is 348. The minimum atomic E-state index is -1.08. The van der Waals surface area contributed by atoms with E-state index in [-0.39, 0.29) is 13.2 Å². The van der Waals surface area contributed by atoms with Crippen LogP contribution >= 0.6 is 0 Å². The summed E-state index contributed by atoms with van der Waals surface area (Å²) < 4.78 is 10.5. The normalized spacial score (nSPS) is 25.7. The van der Waals surface area contributed by atoms with Gasteiger partial charge in [-0.1, -0.05) is 13.8 Å². The average Bonchev–Trinajstić information content (AvgIpc) is 2.71. The van der Waals surface area contributed by atoms with Gasteiger partial charge in [-0.2, -0.15) is 0 Å². The number of amides is 2. The molecule has 1 rings (SSSR count). The van der Waals surface area contributed by atoms with Gasteiger partial charge in [0.05, 0.1) is 25.9 Å². The number of hydrogen-bond donors (Lipinski definition) is 3. The zero-order valence-corrected chi connectivity index (χ0v) is 12.3. The lowest BCUT2D eigenvalue weighted by Crippen LogP contribution is -2.52. The third kappa shape index (κ3) is 4.64. The van der Waals surface area contributed by atoms with E-state index >= 15 is 0 Å². The fourth-order valence-corrected chi connectivity index (χ4v) is 1.85. The molecular weight excluding hydrogens is 264 g/mol. The molecule has 0 aromatic heterocycles. The molecule has 1 aliphatic heterocycles. The van der Waals surface area contributed by atoms with Crippen molar-refractivity contribution < 1.29 is 24.2 Å². The quantitative estimate of drug-likeness (QED) is 0.591. The number of carbonyl (C=O) groups is 2. The Kier molecular flexibility index (Phi) is 6.22. The second-order valence-corrected chi connectivity index (χ2v) is 5.66. The van der Waals surface area contributed by atoms with E-state index in [1.807, 2.05) is 13.8 Å². The van der Waals surface area contributed by atoms with Crippen LogP contribution in [0.1, 0.15) is 20.8 Å². The van der Waals surface area contributed by atoms with Crippen molar-refractivity contribution in [1.82, 2.24) is 10.6 Å². The lowest BCUT2D eigenvalue weighted by atomic mass is 9.85. The van der Waals surface area contributed by atoms with Gasteiger partial charge in [-0.15, -0.1) is 0 Å². The van der Waals surface area contributed by atoms with Gasteiger partial charge in [0.2, 0.25) is 0 Å². The molecule has 7 heteroatoms. The summed E-state index contributed by atoms with van der Waals surface area (Å²) >= 11 is 0. The molecule has 3 N–H and O–H groups in total. The van der Waals surface area contributed by atoms with Crippen LogP contribution in [0.5, 0.6) is 0 Å². The van der Waals surface area contributed by atoms with Crippen molar-refractivity contribution in [1.29, 1.82) is 0 Å². The SMILES string of the molecule is CC(C)COCCNC(=O)NC1COCC1(C)C(=O)O. The van der Waals surface area contributed by atoms with Crippen molar-refractivity contribution in [3.63, 3.8) is 0 Å². The number of carboxylic acid groups (broad SMARTS) is 1. The molecule has 1 saturated heterocycles. The highest BCUT2D eigenvalue weighted by molar-refractivity contribution is 5.79. The van der Waals surface area contributed by atoms with Crippen molar-refractivity contribution >= 4 is 12.0 Å². The van der Waals surface area contributed by atoms with Crippen LogP contribution in [0.25, 0.3) is 0 Å². The second-order valence-electron chi connectivity index (χ2n) is 5.66. The lowest BCUT2D eigenvalue weighted by Gasteiger charge is -2.25. The van der Waals surface area contributed by atoms with E-state index in [9.17, 15) is 14.7 Å². The Morgan fingerprint density at radius 3 is 2.80 bits per heavy atom. The topological polar surface area (TPSA) is 96.9 Å². The minimum absolute atomic E-state index is 0.102. The molecular formula is C13H24N2O5. The van der Waals surface area contributed by atoms with Gasteiger partial charge in [-0.25, -0.2) is 4.79 Å². The molecule has 1 fully saturated rings. The van der Waals surface area contributed by atoms with Crippen molar-refractivity contribution in [3.8, 4) is 0 Å². The summed E-state index contributed by atoms with van der Waals surface area (Å²) in [5.41, 5.74) is -1.08. The molecule has 116 valence electrons. The van der Waals surface area contributed by atoms with E-state index in [1.165, 1.54) is 0 Å². The van der Waals surface area contributed by atoms with E-state index in [1.54, 1.807) is 6.92 Å². The van der Waals surface area contributed by atoms with Gasteiger partial charge >= 0.3 is 12.0 Å². The zero-order chi connectivity index (χ0) is 15.2. The maximum Gasteiger partial charge on any atom is 0.315 e. The third-order valence-corrected chi connectivity index (χ3v) is 3.23. The van der Waals surface area contributed by atoms with E-state index in [0.29, 0.717) is 25.7 Å². The molecule has 0 aromatic carbocycles. The lowest BCUT2D eigenvalue weighted by molar-refractivity contribution is -0.148. The largest absolute Gasteiger partial charge is 0.481 e. The molecule has 7 nitrogen and oxygen atoms in total. The molecule has 0 aromatic rings. The summed E-state index contributed by atoms with van der Waals surface area (Å²) in [6, 6.07) is -0.933. The van der Waals surface area contributed by atoms with E-state index < -0.39 is 23.5 Å². The zero-order valence-electron chi connectivity index (χ0n) is 12.3. The summed E-state index contributed by atoms with van der Waals surface area (Å²) in [5.74, 6) is -0.517. The fraction of sp³-hybridized carbons (Fsp3) is 0.846. The predicted molar refractivity (Wildman–Crippen MR) is 72.5 cm³/mol. The molecule has 0 saturated carbocycles. The number of rotatable bonds is 7. The number of nitrogens with one attached hydrogen (secondary N) is 2. The first-order valence-corrected chi connectivity index (χ1v) is 6.79. The van der Waals surface area contributed by atoms with Crippen molar-refractivity contribution in [2.75, 3.05) is 33.0 Å². The highest BCUT2D eigenvalue weighted by Gasteiger charge is 2.47. The fourth-order valence-electron chi connectivity index (χ4n) is 1.85. The summed E-state index contributed by atoms with van der Waals surface area (Å²) in [6.07, 6.45) is 0. The van der Waals surface area contributed by atoms with Gasteiger partial charge in [0.15, 0.2) is 0 Å². The number of ether oxygens (including phenoxy) is 2. The van der Waals surface area contributed by atoms with Crippen LogP contribution in [0.2, 0.25) is 0 Å². The maximum atomic E-state index is 11.7. The summed E-state index contributed by atoms with van der Waals surface area (Å²) in [7, 11) is 0. The maximum absolute atomic E-state index is 11.7. The van der Waals surface area contributed by atoms with Crippen LogP contribution in [0, 0.1) is 11.3 Å². The Morgan fingerprint density at radius 2 is 2.20 bits per heavy atom. The monoisotopic (exact) mass is 288 g/mol. The van der Waals surface area contributed by atoms with Crippen LogP contribution in [0.15, 0.2) is 0 Å². The molecule has 1 heterocycles. The smallest absolute Gasteiger partial charge is 0.315 e. The average molecular weight is 288 g/mol. The molecule has 0 bridgehead atoms. The minimum Gasteiger partial charge on any atom is -0.481 e. The molecule has 0 spiro atoms. The molecule has 0 radical (unpaired) electrons. The molecule has 2 amide bonds. The number of carbonyl (C=O) groups excluding carboxylic acids is 1. The van der Waals surface area contributed by atoms with Crippen molar-refractivity contribution in [3.05, 3.63) is 0 Å². The Labute approximate surface area is 119 Å². The van der Waals surface area contributed by atoms with E-state index in [4.69, 9.17) is 9.47 Å². The molecule has 2 unspecified atom stereocenters. The summed E-state index contributed by atoms with van der Waals surface area (Å²) in [4.78, 5) is 22.9. The first-order chi connectivity index (χ1) is 9.36. The molecule has 20 heavy (non-hydrogen) atoms. The van der Waals surface area contributed by atoms with Gasteiger partial charge in [0.25, 0.3) is 0 Å². The Balaban J connectivity index is 2.27. The first-order valence-electron chi connectivity index (χ1n) is 6.79. The van der Waals surface area contributed by atoms with Crippen LogP contribution in [0.4, 0.5) is 4.79 Å². The predicted octanol–water partition coefficient (Wildman–Crippen LogP) is 0.448. The van der Waals surface area contributed by atoms with Crippen LogP contribution in [-0.2, 0) is 14.3 Å². The number of hydrogen-bond acceptors (Lipinski definition) is 4. The number of carboxylic acids is 1. The van der Waals surface area contributed by atoms with Gasteiger partial charge < -0.3 is 25.2 Å². The summed E-state index contributed by atoms with van der Waals surface area (Å²) in [6.45, 7) is 7.44. The van der Waals surface area contributed by atoms with Crippen LogP contribution in [-0.4, -0.2) is 56.1 Å². The van der Waals surface area contributed by atoms with Gasteiger partial charge in [0.1, 0.15) is 5.41 Å². The highest BCUT2D eigenvalue weighted by atomic mass is 16.5. The second kappa shape index (κ2) is 7.44. The van der Waals surface area contributed by atoms with Crippen LogP contribution < -0.4 is 10.6 Å². The van der Waals surface area contributed by atoms with Crippen molar-refractivity contribution in [2.24, 2.45) is 11.3 Å². The van der Waals surface area contributed by atoms with Gasteiger partial charge in [-0.3, -0.25) is 4.79 Å². The molecule has 1 aliphatic rings. The Hall–Kier alpha value is -1.34. The van der Waals surface area contributed by atoms with Gasteiger partial charge in [-0.05, 0) is 12.8 Å². The summed E-state index contributed by atoms with van der Waals surface area (Å²) in [5, 5.41) is 14.5. The van der Waals surface area contributed by atoms with Gasteiger partial charge in [0, 0.05) is 13.2 Å². The highest BCUT2D eigenvalue weighted by Crippen LogP contribution is 2.28. The van der Waals surface area contributed by atoms with E-state index in [0.717, 1.165) is 0 Å². The molecule has 0 aliphatic carbocycles. The van der Waals surface area contributed by atoms with Crippen molar-refractivity contribution in [2.45, 2.75) is 26.8 Å².